The molecule has 0 bridgehead atoms. The molecular formula is C29H38F5NO3S. The van der Waals surface area contributed by atoms with Crippen molar-refractivity contribution >= 4 is 10.8 Å². The predicted molar refractivity (Wildman–Crippen MR) is 143 cm³/mol. The number of alkyl halides is 5. The molecule has 0 aliphatic carbocycles. The van der Waals surface area contributed by atoms with Gasteiger partial charge in [0.25, 0.3) is 0 Å². The van der Waals surface area contributed by atoms with Crippen LogP contribution in [0, 0.1) is 0 Å². The second-order valence-electron chi connectivity index (χ2n) is 10.6. The molecule has 39 heavy (non-hydrogen) atoms. The Morgan fingerprint density at radius 2 is 1.67 bits per heavy atom. The predicted octanol–water partition coefficient (Wildman–Crippen LogP) is 8.07. The molecule has 2 aromatic rings. The zero-order chi connectivity index (χ0) is 28.5. The van der Waals surface area contributed by atoms with Gasteiger partial charge in [-0.25, -0.2) is 0 Å². The Hall–Kier alpha value is -2.23. The summed E-state index contributed by atoms with van der Waals surface area (Å²) in [5, 5.41) is 9.91. The summed E-state index contributed by atoms with van der Waals surface area (Å²) in [6.07, 6.45) is 4.05. The molecule has 0 radical (unpaired) electrons. The first-order chi connectivity index (χ1) is 18.4. The van der Waals surface area contributed by atoms with Crippen LogP contribution in [0.1, 0.15) is 88.2 Å². The number of hydrogen-bond donors (Lipinski definition) is 1. The third-order valence-electron chi connectivity index (χ3n) is 7.63. The van der Waals surface area contributed by atoms with E-state index in [9.17, 15) is 31.3 Å². The summed E-state index contributed by atoms with van der Waals surface area (Å²) >= 11 is 0. The number of halogens is 5. The van der Waals surface area contributed by atoms with Crippen LogP contribution >= 0.6 is 0 Å². The molecule has 0 saturated carbocycles. The van der Waals surface area contributed by atoms with Crippen LogP contribution < -0.4 is 4.74 Å². The number of ether oxygens (including phenoxy) is 1. The lowest BCUT2D eigenvalue weighted by atomic mass is 9.66. The molecule has 2 heterocycles. The minimum atomic E-state index is -5.55. The molecule has 218 valence electrons. The fraction of sp³-hybridized carbons (Fsp3) is 0.621. The van der Waals surface area contributed by atoms with Gasteiger partial charge in [0.1, 0.15) is 11.5 Å². The van der Waals surface area contributed by atoms with Crippen LogP contribution in [0.4, 0.5) is 22.0 Å². The maximum Gasteiger partial charge on any atom is 0.453 e. The highest BCUT2D eigenvalue weighted by Crippen LogP contribution is 2.49. The number of phenols is 1. The maximum absolute atomic E-state index is 12.9. The molecule has 1 aromatic carbocycles. The number of unbranched alkanes of at least 4 members (excludes halogenated alkanes) is 6. The van der Waals surface area contributed by atoms with Crippen LogP contribution in [-0.4, -0.2) is 44.5 Å². The number of fused-ring (bicyclic) bond motifs is 1. The van der Waals surface area contributed by atoms with E-state index in [0.717, 1.165) is 61.8 Å². The number of nitrogens with zero attached hydrogens (tertiary/aromatic N) is 1. The number of benzene rings is 1. The summed E-state index contributed by atoms with van der Waals surface area (Å²) in [6, 6.07) is 9.35. The molecule has 1 aliphatic heterocycles. The second-order valence-corrected chi connectivity index (χ2v) is 12.3. The average Bonchev–Trinajstić information content (AvgIpc) is 2.88. The molecule has 10 heteroatoms. The fourth-order valence-corrected chi connectivity index (χ4v) is 6.46. The van der Waals surface area contributed by atoms with Gasteiger partial charge in [0, 0.05) is 58.5 Å². The number of rotatable bonds is 15. The highest BCUT2D eigenvalue weighted by Gasteiger charge is 2.56. The SMILES string of the molecule is C[C@]1(c2cccnc2)COc2cc(O)ccc2[C@H]1CCCCCCCCCS(=O)CCCC(F)(F)C(F)(F)F. The molecule has 3 atom stereocenters. The van der Waals surface area contributed by atoms with Gasteiger partial charge < -0.3 is 9.84 Å². The number of phenolic OH excluding ortho intramolecular Hbond substituents is 1. The van der Waals surface area contributed by atoms with Crippen molar-refractivity contribution in [2.75, 3.05) is 18.1 Å². The Morgan fingerprint density at radius 1 is 1.00 bits per heavy atom. The average molecular weight is 576 g/mol. The van der Waals surface area contributed by atoms with Crippen LogP contribution in [0.15, 0.2) is 42.7 Å². The smallest absolute Gasteiger partial charge is 0.453 e. The summed E-state index contributed by atoms with van der Waals surface area (Å²) in [5.74, 6) is -3.37. The summed E-state index contributed by atoms with van der Waals surface area (Å²) in [5.41, 5.74) is 1.98. The number of aromatic nitrogens is 1. The van der Waals surface area contributed by atoms with Crippen molar-refractivity contribution in [1.29, 1.82) is 0 Å². The van der Waals surface area contributed by atoms with Gasteiger partial charge in [-0.3, -0.25) is 9.19 Å². The van der Waals surface area contributed by atoms with Crippen LogP contribution in [-0.2, 0) is 16.2 Å². The first kappa shape index (κ1) is 31.3. The first-order valence-corrected chi connectivity index (χ1v) is 15.1. The summed E-state index contributed by atoms with van der Waals surface area (Å²) in [6.45, 7) is 2.71. The Bertz CT molecular complexity index is 1070. The van der Waals surface area contributed by atoms with Gasteiger partial charge in [0.05, 0.1) is 6.61 Å². The summed E-state index contributed by atoms with van der Waals surface area (Å²) in [4.78, 5) is 4.31. The van der Waals surface area contributed by atoms with Gasteiger partial charge in [-0.1, -0.05) is 57.6 Å². The van der Waals surface area contributed by atoms with Gasteiger partial charge in [-0.15, -0.1) is 0 Å². The third kappa shape index (κ3) is 8.63. The lowest BCUT2D eigenvalue weighted by Gasteiger charge is -2.42. The van der Waals surface area contributed by atoms with E-state index >= 15 is 0 Å². The zero-order valence-electron chi connectivity index (χ0n) is 22.3. The molecule has 0 saturated heterocycles. The topological polar surface area (TPSA) is 59.4 Å². The molecule has 4 nitrogen and oxygen atoms in total. The third-order valence-corrected chi connectivity index (χ3v) is 9.12. The monoisotopic (exact) mass is 575 g/mol. The van der Waals surface area contributed by atoms with Gasteiger partial charge >= 0.3 is 12.1 Å². The summed E-state index contributed by atoms with van der Waals surface area (Å²) < 4.78 is 80.4. The van der Waals surface area contributed by atoms with Crippen molar-refractivity contribution in [2.45, 2.75) is 94.6 Å². The van der Waals surface area contributed by atoms with E-state index in [1.165, 1.54) is 0 Å². The van der Waals surface area contributed by atoms with Crippen molar-refractivity contribution in [3.63, 3.8) is 0 Å². The normalized spacial score (nSPS) is 20.3. The van der Waals surface area contributed by atoms with Crippen molar-refractivity contribution in [1.82, 2.24) is 4.98 Å². The maximum atomic E-state index is 12.9. The minimum Gasteiger partial charge on any atom is -0.508 e. The summed E-state index contributed by atoms with van der Waals surface area (Å²) in [7, 11) is -1.37. The highest BCUT2D eigenvalue weighted by molar-refractivity contribution is 7.84. The van der Waals surface area contributed by atoms with Gasteiger partial charge in [-0.05, 0) is 42.5 Å². The van der Waals surface area contributed by atoms with Crippen molar-refractivity contribution in [3.05, 3.63) is 53.9 Å². The fourth-order valence-electron chi connectivity index (χ4n) is 5.26. The van der Waals surface area contributed by atoms with Crippen LogP contribution in [0.2, 0.25) is 0 Å². The van der Waals surface area contributed by atoms with E-state index in [-0.39, 0.29) is 22.8 Å². The Labute approximate surface area is 229 Å². The van der Waals surface area contributed by atoms with E-state index < -0.39 is 35.7 Å². The molecule has 0 fully saturated rings. The van der Waals surface area contributed by atoms with Crippen molar-refractivity contribution < 1.29 is 36.0 Å². The van der Waals surface area contributed by atoms with Gasteiger partial charge in [0.15, 0.2) is 0 Å². The van der Waals surface area contributed by atoms with E-state index in [4.69, 9.17) is 4.74 Å². The lowest BCUT2D eigenvalue weighted by Crippen LogP contribution is -2.40. The Kier molecular flexibility index (Phi) is 11.2. The molecule has 1 unspecified atom stereocenters. The van der Waals surface area contributed by atoms with Gasteiger partial charge in [-0.2, -0.15) is 22.0 Å². The highest BCUT2D eigenvalue weighted by atomic mass is 32.2. The van der Waals surface area contributed by atoms with E-state index in [2.05, 4.69) is 18.0 Å². The molecule has 0 amide bonds. The first-order valence-electron chi connectivity index (χ1n) is 13.6. The van der Waals surface area contributed by atoms with E-state index in [1.54, 1.807) is 18.3 Å². The van der Waals surface area contributed by atoms with Crippen LogP contribution in [0.5, 0.6) is 11.5 Å². The zero-order valence-corrected chi connectivity index (χ0v) is 23.1. The largest absolute Gasteiger partial charge is 0.508 e. The number of pyridine rings is 1. The van der Waals surface area contributed by atoms with Gasteiger partial charge in [0.2, 0.25) is 0 Å². The molecule has 1 aromatic heterocycles. The van der Waals surface area contributed by atoms with E-state index in [0.29, 0.717) is 18.8 Å². The molecule has 0 spiro atoms. The lowest BCUT2D eigenvalue weighted by molar-refractivity contribution is -0.284. The molecular weight excluding hydrogens is 537 g/mol. The minimum absolute atomic E-state index is 0.126. The number of aromatic hydroxyl groups is 1. The second kappa shape index (κ2) is 13.9. The number of hydrogen-bond acceptors (Lipinski definition) is 4. The standard InChI is InChI=1S/C29H38F5NO3S/c1-27(22-11-9-16-35-20-22)21-38-26-19-23(36)13-14-24(26)25(27)12-7-5-3-2-4-6-8-17-39(37)18-10-15-28(30,31)29(32,33)34/h9,11,13-14,16,19-20,25,36H,2-8,10,12,15,17-18,21H2,1H3/t25-,27-,39?/m1/s1. The van der Waals surface area contributed by atoms with Crippen LogP contribution in [0.3, 0.4) is 0 Å². The van der Waals surface area contributed by atoms with Crippen molar-refractivity contribution in [2.24, 2.45) is 0 Å². The van der Waals surface area contributed by atoms with Crippen LogP contribution in [0.25, 0.3) is 0 Å². The quantitative estimate of drug-likeness (QED) is 0.172. The van der Waals surface area contributed by atoms with E-state index in [1.807, 2.05) is 18.3 Å². The molecule has 3 rings (SSSR count). The Morgan fingerprint density at radius 3 is 2.33 bits per heavy atom. The molecule has 1 aliphatic rings. The van der Waals surface area contributed by atoms with Crippen molar-refractivity contribution in [3.8, 4) is 11.5 Å². The molecule has 1 N–H and O–H groups in total. The Balaban J connectivity index is 1.36.